The minimum Gasteiger partial charge on any atom is -0.341 e. The number of rotatable bonds is 4. The quantitative estimate of drug-likeness (QED) is 0.831. The molecule has 1 fully saturated rings. The molecule has 0 aromatic carbocycles. The van der Waals surface area contributed by atoms with E-state index in [1.807, 2.05) is 17.9 Å². The standard InChI is InChI=1S/C15H22BrN3O2S/c1-9(17)11-5-7-19(8-6-11)15(21)10(2)18-14(20)12-3-4-13(16)22-12/h3-4,9-11H,5-8,17H2,1-2H3,(H,18,20). The van der Waals surface area contributed by atoms with E-state index < -0.39 is 6.04 Å². The first kappa shape index (κ1) is 17.4. The van der Waals surface area contributed by atoms with Crippen LogP contribution in [0.5, 0.6) is 0 Å². The van der Waals surface area contributed by atoms with Crippen molar-refractivity contribution in [3.05, 3.63) is 20.8 Å². The van der Waals surface area contributed by atoms with E-state index in [0.717, 1.165) is 29.7 Å². The van der Waals surface area contributed by atoms with E-state index in [1.165, 1.54) is 11.3 Å². The topological polar surface area (TPSA) is 75.4 Å². The summed E-state index contributed by atoms with van der Waals surface area (Å²) >= 11 is 4.68. The summed E-state index contributed by atoms with van der Waals surface area (Å²) in [7, 11) is 0. The number of nitrogens with one attached hydrogen (secondary N) is 1. The molecule has 1 aromatic rings. The fraction of sp³-hybridized carbons (Fsp3) is 0.600. The Kier molecular flexibility index (Phi) is 6.00. The van der Waals surface area contributed by atoms with Crippen molar-refractivity contribution in [3.63, 3.8) is 0 Å². The monoisotopic (exact) mass is 387 g/mol. The molecular weight excluding hydrogens is 366 g/mol. The van der Waals surface area contributed by atoms with Gasteiger partial charge >= 0.3 is 0 Å². The Morgan fingerprint density at radius 1 is 1.36 bits per heavy atom. The number of nitrogens with two attached hydrogens (primary N) is 1. The molecule has 22 heavy (non-hydrogen) atoms. The Hall–Kier alpha value is -0.920. The van der Waals surface area contributed by atoms with Gasteiger partial charge in [0.1, 0.15) is 6.04 Å². The normalized spacial score (nSPS) is 18.8. The number of likely N-dealkylation sites (tertiary alicyclic amines) is 1. The molecule has 5 nitrogen and oxygen atoms in total. The molecule has 0 saturated carbocycles. The van der Waals surface area contributed by atoms with Crippen molar-refractivity contribution in [2.75, 3.05) is 13.1 Å². The molecule has 0 bridgehead atoms. The Morgan fingerprint density at radius 2 is 2.00 bits per heavy atom. The third-order valence-corrected chi connectivity index (χ3v) is 5.73. The van der Waals surface area contributed by atoms with E-state index in [1.54, 1.807) is 13.0 Å². The number of hydrogen-bond donors (Lipinski definition) is 2. The van der Waals surface area contributed by atoms with Gasteiger partial charge in [-0.15, -0.1) is 11.3 Å². The highest BCUT2D eigenvalue weighted by Crippen LogP contribution is 2.22. The van der Waals surface area contributed by atoms with Gasteiger partial charge in [0.2, 0.25) is 5.91 Å². The van der Waals surface area contributed by atoms with E-state index in [0.29, 0.717) is 10.8 Å². The zero-order valence-electron chi connectivity index (χ0n) is 12.8. The molecule has 2 atom stereocenters. The number of carbonyl (C=O) groups is 2. The van der Waals surface area contributed by atoms with Gasteiger partial charge in [-0.2, -0.15) is 0 Å². The Morgan fingerprint density at radius 3 is 2.50 bits per heavy atom. The lowest BCUT2D eigenvalue weighted by molar-refractivity contribution is -0.134. The number of piperidine rings is 1. The zero-order chi connectivity index (χ0) is 16.3. The van der Waals surface area contributed by atoms with Crippen molar-refractivity contribution in [2.45, 2.75) is 38.8 Å². The average Bonchev–Trinajstić information content (AvgIpc) is 2.93. The fourth-order valence-corrected chi connectivity index (χ4v) is 3.97. The average molecular weight is 388 g/mol. The van der Waals surface area contributed by atoms with Gasteiger partial charge < -0.3 is 16.0 Å². The number of nitrogens with zero attached hydrogens (tertiary/aromatic N) is 1. The molecule has 1 aromatic heterocycles. The van der Waals surface area contributed by atoms with Gasteiger partial charge in [-0.3, -0.25) is 9.59 Å². The highest BCUT2D eigenvalue weighted by Gasteiger charge is 2.28. The maximum absolute atomic E-state index is 12.4. The molecule has 2 unspecified atom stereocenters. The van der Waals surface area contributed by atoms with Gasteiger partial charge in [-0.1, -0.05) is 0 Å². The Labute approximate surface area is 143 Å². The summed E-state index contributed by atoms with van der Waals surface area (Å²) in [6.45, 7) is 5.19. The van der Waals surface area contributed by atoms with Crippen molar-refractivity contribution in [1.29, 1.82) is 0 Å². The molecular formula is C15H22BrN3O2S. The summed E-state index contributed by atoms with van der Waals surface area (Å²) in [6, 6.07) is 3.23. The second-order valence-corrected chi connectivity index (χ2v) is 8.28. The van der Waals surface area contributed by atoms with Gasteiger partial charge in [0, 0.05) is 19.1 Å². The van der Waals surface area contributed by atoms with Crippen LogP contribution in [0.15, 0.2) is 15.9 Å². The molecule has 1 saturated heterocycles. The largest absolute Gasteiger partial charge is 0.341 e. The minimum absolute atomic E-state index is 0.0212. The smallest absolute Gasteiger partial charge is 0.262 e. The van der Waals surface area contributed by atoms with Crippen LogP contribution in [0.3, 0.4) is 0 Å². The molecule has 0 spiro atoms. The van der Waals surface area contributed by atoms with Gasteiger partial charge in [-0.25, -0.2) is 0 Å². The molecule has 2 rings (SSSR count). The van der Waals surface area contributed by atoms with E-state index in [9.17, 15) is 9.59 Å². The molecule has 2 amide bonds. The van der Waals surface area contributed by atoms with Gasteiger partial charge in [0.15, 0.2) is 0 Å². The van der Waals surface area contributed by atoms with Crippen molar-refractivity contribution in [1.82, 2.24) is 10.2 Å². The van der Waals surface area contributed by atoms with E-state index >= 15 is 0 Å². The molecule has 7 heteroatoms. The molecule has 2 heterocycles. The second-order valence-electron chi connectivity index (χ2n) is 5.82. The lowest BCUT2D eigenvalue weighted by Crippen LogP contribution is -2.50. The summed E-state index contributed by atoms with van der Waals surface area (Å²) in [5.41, 5.74) is 5.92. The number of carbonyl (C=O) groups excluding carboxylic acids is 2. The number of amides is 2. The van der Waals surface area contributed by atoms with Gasteiger partial charge in [-0.05, 0) is 60.7 Å². The summed E-state index contributed by atoms with van der Waals surface area (Å²) in [5.74, 6) is 0.256. The van der Waals surface area contributed by atoms with Crippen molar-refractivity contribution in [2.24, 2.45) is 11.7 Å². The second kappa shape index (κ2) is 7.57. The van der Waals surface area contributed by atoms with Crippen LogP contribution in [-0.2, 0) is 4.79 Å². The molecule has 0 radical (unpaired) electrons. The lowest BCUT2D eigenvalue weighted by atomic mass is 9.91. The Bertz CT molecular complexity index is 539. The van der Waals surface area contributed by atoms with Crippen LogP contribution in [0.4, 0.5) is 0 Å². The molecule has 1 aliphatic rings. The van der Waals surface area contributed by atoms with Crippen molar-refractivity contribution < 1.29 is 9.59 Å². The summed E-state index contributed by atoms with van der Waals surface area (Å²) < 4.78 is 0.898. The highest BCUT2D eigenvalue weighted by molar-refractivity contribution is 9.11. The lowest BCUT2D eigenvalue weighted by Gasteiger charge is -2.35. The predicted molar refractivity (Wildman–Crippen MR) is 91.9 cm³/mol. The summed E-state index contributed by atoms with van der Waals surface area (Å²) in [4.78, 5) is 26.9. The predicted octanol–water partition coefficient (Wildman–Crippen LogP) is 2.21. The minimum atomic E-state index is -0.514. The van der Waals surface area contributed by atoms with Crippen LogP contribution in [0.2, 0.25) is 0 Å². The summed E-state index contributed by atoms with van der Waals surface area (Å²) in [5, 5.41) is 2.78. The van der Waals surface area contributed by atoms with Crippen LogP contribution >= 0.6 is 27.3 Å². The molecule has 3 N–H and O–H groups in total. The maximum atomic E-state index is 12.4. The SMILES string of the molecule is CC(NC(=O)c1ccc(Br)s1)C(=O)N1CCC(C(C)N)CC1. The van der Waals surface area contributed by atoms with Crippen LogP contribution in [-0.4, -0.2) is 41.9 Å². The van der Waals surface area contributed by atoms with Gasteiger partial charge in [0.05, 0.1) is 8.66 Å². The van der Waals surface area contributed by atoms with E-state index in [2.05, 4.69) is 21.2 Å². The van der Waals surface area contributed by atoms with Crippen molar-refractivity contribution >= 4 is 39.1 Å². The fourth-order valence-electron chi connectivity index (χ4n) is 2.69. The molecule has 122 valence electrons. The summed E-state index contributed by atoms with van der Waals surface area (Å²) in [6.07, 6.45) is 1.86. The first-order valence-corrected chi connectivity index (χ1v) is 9.10. The molecule has 0 aliphatic carbocycles. The van der Waals surface area contributed by atoms with Crippen LogP contribution in [0.1, 0.15) is 36.4 Å². The van der Waals surface area contributed by atoms with Crippen LogP contribution in [0, 0.1) is 5.92 Å². The van der Waals surface area contributed by atoms with Crippen LogP contribution in [0.25, 0.3) is 0 Å². The van der Waals surface area contributed by atoms with E-state index in [4.69, 9.17) is 5.73 Å². The first-order chi connectivity index (χ1) is 10.4. The number of hydrogen-bond acceptors (Lipinski definition) is 4. The third kappa shape index (κ3) is 4.30. The first-order valence-electron chi connectivity index (χ1n) is 7.49. The van der Waals surface area contributed by atoms with Crippen LogP contribution < -0.4 is 11.1 Å². The Balaban J connectivity index is 1.86. The van der Waals surface area contributed by atoms with Crippen molar-refractivity contribution in [3.8, 4) is 0 Å². The zero-order valence-corrected chi connectivity index (χ0v) is 15.2. The van der Waals surface area contributed by atoms with Gasteiger partial charge in [0.25, 0.3) is 5.91 Å². The number of halogens is 1. The van der Waals surface area contributed by atoms with E-state index in [-0.39, 0.29) is 17.9 Å². The third-order valence-electron chi connectivity index (χ3n) is 4.11. The molecule has 1 aliphatic heterocycles. The number of thiophene rings is 1. The highest BCUT2D eigenvalue weighted by atomic mass is 79.9. The maximum Gasteiger partial charge on any atom is 0.262 e.